The van der Waals surface area contributed by atoms with E-state index in [1.807, 2.05) is 37.4 Å². The summed E-state index contributed by atoms with van der Waals surface area (Å²) in [4.78, 5) is 2.10. The Balaban J connectivity index is 1.87. The minimum atomic E-state index is 0.594. The number of terminal acetylenes is 1. The van der Waals surface area contributed by atoms with E-state index in [4.69, 9.17) is 11.2 Å². The van der Waals surface area contributed by atoms with Crippen LogP contribution in [-0.2, 0) is 13.2 Å². The van der Waals surface area contributed by atoms with Crippen LogP contribution in [0, 0.1) is 12.3 Å². The zero-order chi connectivity index (χ0) is 14.2. The van der Waals surface area contributed by atoms with Gasteiger partial charge in [-0.2, -0.15) is 0 Å². The topological polar surface area (TPSA) is 12.5 Å². The Kier molecular flexibility index (Phi) is 5.23. The van der Waals surface area contributed by atoms with Crippen molar-refractivity contribution >= 4 is 0 Å². The predicted octanol–water partition coefficient (Wildman–Crippen LogP) is 3.33. The zero-order valence-corrected chi connectivity index (χ0v) is 11.8. The molecule has 0 aliphatic rings. The van der Waals surface area contributed by atoms with Crippen LogP contribution in [0.1, 0.15) is 11.1 Å². The summed E-state index contributed by atoms with van der Waals surface area (Å²) in [6.07, 6.45) is 5.29. The van der Waals surface area contributed by atoms with Gasteiger partial charge < -0.3 is 4.74 Å². The van der Waals surface area contributed by atoms with Crippen LogP contribution in [0.15, 0.2) is 54.6 Å². The summed E-state index contributed by atoms with van der Waals surface area (Å²) in [6.45, 7) is 2.10. The van der Waals surface area contributed by atoms with Crippen molar-refractivity contribution < 1.29 is 4.74 Å². The largest absolute Gasteiger partial charge is 0.489 e. The minimum absolute atomic E-state index is 0.594. The van der Waals surface area contributed by atoms with E-state index in [0.717, 1.165) is 12.3 Å². The van der Waals surface area contributed by atoms with E-state index in [1.165, 1.54) is 11.1 Å². The maximum absolute atomic E-state index is 5.75. The van der Waals surface area contributed by atoms with Crippen LogP contribution in [0.25, 0.3) is 0 Å². The summed E-state index contributed by atoms with van der Waals surface area (Å²) in [7, 11) is 2.01. The standard InChI is InChI=1S/C18H19NO/c1-3-13-19(2)14-16-9-11-18(12-10-16)20-15-17-7-5-4-6-8-17/h1,4-12H,13-15H2,2H3. The Morgan fingerprint density at radius 3 is 2.35 bits per heavy atom. The third kappa shape index (κ3) is 4.46. The van der Waals surface area contributed by atoms with Gasteiger partial charge in [-0.3, -0.25) is 4.90 Å². The molecule has 0 saturated carbocycles. The van der Waals surface area contributed by atoms with Gasteiger partial charge in [-0.15, -0.1) is 6.42 Å². The first kappa shape index (κ1) is 14.2. The average Bonchev–Trinajstić information content (AvgIpc) is 2.48. The van der Waals surface area contributed by atoms with Gasteiger partial charge in [-0.25, -0.2) is 0 Å². The normalized spacial score (nSPS) is 10.2. The Bertz CT molecular complexity index is 554. The minimum Gasteiger partial charge on any atom is -0.489 e. The lowest BCUT2D eigenvalue weighted by atomic mass is 10.2. The molecule has 0 amide bonds. The van der Waals surface area contributed by atoms with Gasteiger partial charge in [0.25, 0.3) is 0 Å². The average molecular weight is 265 g/mol. The Morgan fingerprint density at radius 2 is 1.70 bits per heavy atom. The first-order valence-corrected chi connectivity index (χ1v) is 6.65. The highest BCUT2D eigenvalue weighted by Crippen LogP contribution is 2.15. The SMILES string of the molecule is C#CCN(C)Cc1ccc(OCc2ccccc2)cc1. The van der Waals surface area contributed by atoms with Gasteiger partial charge >= 0.3 is 0 Å². The van der Waals surface area contributed by atoms with E-state index < -0.39 is 0 Å². The van der Waals surface area contributed by atoms with Crippen molar-refractivity contribution in [2.24, 2.45) is 0 Å². The smallest absolute Gasteiger partial charge is 0.119 e. The van der Waals surface area contributed by atoms with Crippen LogP contribution in [0.3, 0.4) is 0 Å². The van der Waals surface area contributed by atoms with Crippen LogP contribution in [0.4, 0.5) is 0 Å². The van der Waals surface area contributed by atoms with E-state index in [-0.39, 0.29) is 0 Å². The number of nitrogens with zero attached hydrogens (tertiary/aromatic N) is 1. The van der Waals surface area contributed by atoms with E-state index >= 15 is 0 Å². The maximum Gasteiger partial charge on any atom is 0.119 e. The quantitative estimate of drug-likeness (QED) is 0.743. The number of hydrogen-bond acceptors (Lipinski definition) is 2. The van der Waals surface area contributed by atoms with Gasteiger partial charge in [0.1, 0.15) is 12.4 Å². The van der Waals surface area contributed by atoms with Crippen molar-refractivity contribution in [2.45, 2.75) is 13.2 Å². The van der Waals surface area contributed by atoms with E-state index in [0.29, 0.717) is 13.2 Å². The molecule has 0 aliphatic heterocycles. The molecule has 2 aromatic rings. The van der Waals surface area contributed by atoms with Crippen LogP contribution in [0.5, 0.6) is 5.75 Å². The lowest BCUT2D eigenvalue weighted by Gasteiger charge is -2.13. The first-order valence-electron chi connectivity index (χ1n) is 6.65. The third-order valence-electron chi connectivity index (χ3n) is 2.99. The lowest BCUT2D eigenvalue weighted by molar-refractivity contribution is 0.306. The summed E-state index contributed by atoms with van der Waals surface area (Å²) in [5, 5.41) is 0. The number of rotatable bonds is 6. The molecule has 2 aromatic carbocycles. The molecule has 2 heteroatoms. The van der Waals surface area contributed by atoms with Crippen molar-refractivity contribution in [3.8, 4) is 18.1 Å². The van der Waals surface area contributed by atoms with Crippen molar-refractivity contribution in [1.29, 1.82) is 0 Å². The van der Waals surface area contributed by atoms with E-state index in [2.05, 4.69) is 35.1 Å². The summed E-state index contributed by atoms with van der Waals surface area (Å²) in [5.41, 5.74) is 2.40. The second-order valence-electron chi connectivity index (χ2n) is 4.79. The van der Waals surface area contributed by atoms with E-state index in [9.17, 15) is 0 Å². The van der Waals surface area contributed by atoms with Gasteiger partial charge in [0.15, 0.2) is 0 Å². The second kappa shape index (κ2) is 7.37. The highest BCUT2D eigenvalue weighted by atomic mass is 16.5. The number of hydrogen-bond donors (Lipinski definition) is 0. The van der Waals surface area contributed by atoms with Gasteiger partial charge in [0.2, 0.25) is 0 Å². The molecule has 0 spiro atoms. The molecule has 0 N–H and O–H groups in total. The fourth-order valence-electron chi connectivity index (χ4n) is 1.96. The summed E-state index contributed by atoms with van der Waals surface area (Å²) >= 11 is 0. The molecule has 0 aromatic heterocycles. The fraction of sp³-hybridized carbons (Fsp3) is 0.222. The predicted molar refractivity (Wildman–Crippen MR) is 82.4 cm³/mol. The van der Waals surface area contributed by atoms with Gasteiger partial charge in [-0.05, 0) is 30.3 Å². The molecule has 0 fully saturated rings. The molecule has 0 aliphatic carbocycles. The molecule has 0 atom stereocenters. The molecule has 102 valence electrons. The van der Waals surface area contributed by atoms with Crippen LogP contribution < -0.4 is 4.74 Å². The van der Waals surface area contributed by atoms with E-state index in [1.54, 1.807) is 0 Å². The molecular weight excluding hydrogens is 246 g/mol. The van der Waals surface area contributed by atoms with Crippen molar-refractivity contribution in [3.05, 3.63) is 65.7 Å². The molecule has 0 radical (unpaired) electrons. The van der Waals surface area contributed by atoms with Crippen molar-refractivity contribution in [2.75, 3.05) is 13.6 Å². The number of ether oxygens (including phenoxy) is 1. The summed E-state index contributed by atoms with van der Waals surface area (Å²) < 4.78 is 5.75. The molecular formula is C18H19NO. The third-order valence-corrected chi connectivity index (χ3v) is 2.99. The fourth-order valence-corrected chi connectivity index (χ4v) is 1.96. The van der Waals surface area contributed by atoms with Crippen molar-refractivity contribution in [3.63, 3.8) is 0 Å². The Labute approximate surface area is 121 Å². The van der Waals surface area contributed by atoms with Crippen molar-refractivity contribution in [1.82, 2.24) is 4.90 Å². The molecule has 0 heterocycles. The highest BCUT2D eigenvalue weighted by Gasteiger charge is 2.00. The zero-order valence-electron chi connectivity index (χ0n) is 11.8. The van der Waals surface area contributed by atoms with Gasteiger partial charge in [0, 0.05) is 6.54 Å². The summed E-state index contributed by atoms with van der Waals surface area (Å²) in [5.74, 6) is 3.53. The molecule has 0 bridgehead atoms. The van der Waals surface area contributed by atoms with Crippen LogP contribution in [0.2, 0.25) is 0 Å². The Hall–Kier alpha value is -2.24. The number of benzene rings is 2. The highest BCUT2D eigenvalue weighted by molar-refractivity contribution is 5.27. The molecule has 0 unspecified atom stereocenters. The lowest BCUT2D eigenvalue weighted by Crippen LogP contribution is -2.17. The van der Waals surface area contributed by atoms with Crippen LogP contribution in [-0.4, -0.2) is 18.5 Å². The van der Waals surface area contributed by atoms with Gasteiger partial charge in [0.05, 0.1) is 6.54 Å². The van der Waals surface area contributed by atoms with Crippen LogP contribution >= 0.6 is 0 Å². The second-order valence-corrected chi connectivity index (χ2v) is 4.79. The Morgan fingerprint density at radius 1 is 1.00 bits per heavy atom. The van der Waals surface area contributed by atoms with Gasteiger partial charge in [-0.1, -0.05) is 48.4 Å². The monoisotopic (exact) mass is 265 g/mol. The molecule has 2 nitrogen and oxygen atoms in total. The first-order chi connectivity index (χ1) is 9.78. The maximum atomic E-state index is 5.75. The molecule has 2 rings (SSSR count). The summed E-state index contributed by atoms with van der Waals surface area (Å²) in [6, 6.07) is 18.3. The molecule has 20 heavy (non-hydrogen) atoms. The molecule has 0 saturated heterocycles.